The lowest BCUT2D eigenvalue weighted by molar-refractivity contribution is -0.270. The van der Waals surface area contributed by atoms with Crippen LogP contribution in [-0.4, -0.2) is 16.8 Å². The van der Waals surface area contributed by atoms with Crippen molar-refractivity contribution in [3.05, 3.63) is 178 Å². The SMILES string of the molecule is CCCC[N+](c1ccccc1)(c1ccccc1)c1ccccc1.Cc1ccc(O)c(Cc2cc(C)cc(Cc3cc(C)ccc3O)c2[O-])c1. The summed E-state index contributed by atoms with van der Waals surface area (Å²) < 4.78 is 0.774. The molecule has 0 bridgehead atoms. The molecule has 4 heteroatoms. The standard InChI is InChI=1S/C23H24O3.C22H24N/c1-14-4-6-21(24)17(8-14)12-19-10-16(3)11-20(23(19)26)13-18-9-15(2)5-7-22(18)25;1-2-3-19-23(20-13-7-4-8-14-20,21-15-9-5-10-16-21)22-17-11-6-12-18-22/h4-11,24-26H,12-13H2,1-3H3;4-18H,2-3,19H2,1H3/q;+1/p-1. The van der Waals surface area contributed by atoms with Crippen molar-refractivity contribution >= 4 is 17.1 Å². The Morgan fingerprint density at radius 2 is 0.857 bits per heavy atom. The Morgan fingerprint density at radius 1 is 0.490 bits per heavy atom. The number of phenols is 2. The van der Waals surface area contributed by atoms with Gasteiger partial charge in [-0.1, -0.05) is 132 Å². The number of benzene rings is 6. The monoisotopic (exact) mass is 649 g/mol. The molecule has 0 heterocycles. The van der Waals surface area contributed by atoms with Crippen molar-refractivity contribution in [3.8, 4) is 17.2 Å². The van der Waals surface area contributed by atoms with Crippen LogP contribution < -0.4 is 9.59 Å². The van der Waals surface area contributed by atoms with E-state index in [1.807, 2.05) is 57.2 Å². The molecule has 0 aliphatic carbocycles. The molecule has 0 saturated heterocycles. The molecule has 0 spiro atoms. The summed E-state index contributed by atoms with van der Waals surface area (Å²) >= 11 is 0. The second-order valence-electron chi connectivity index (χ2n) is 12.9. The molecule has 0 saturated carbocycles. The summed E-state index contributed by atoms with van der Waals surface area (Å²) in [5.74, 6) is 0.376. The average molecular weight is 650 g/mol. The second kappa shape index (κ2) is 16.2. The third-order valence-electron chi connectivity index (χ3n) is 9.06. The molecule has 6 aromatic carbocycles. The summed E-state index contributed by atoms with van der Waals surface area (Å²) in [6.45, 7) is 9.20. The first-order chi connectivity index (χ1) is 23.7. The van der Waals surface area contributed by atoms with Crippen molar-refractivity contribution in [2.75, 3.05) is 6.54 Å². The summed E-state index contributed by atoms with van der Waals surface area (Å²) in [6, 6.07) is 47.2. The number of rotatable bonds is 10. The largest absolute Gasteiger partial charge is 0.872 e. The molecule has 4 nitrogen and oxygen atoms in total. The summed E-state index contributed by atoms with van der Waals surface area (Å²) in [4.78, 5) is 0. The van der Waals surface area contributed by atoms with Gasteiger partial charge < -0.3 is 15.3 Å². The van der Waals surface area contributed by atoms with Crippen molar-refractivity contribution in [2.24, 2.45) is 0 Å². The molecular weight excluding hydrogens is 602 g/mol. The maximum atomic E-state index is 13.0. The maximum Gasteiger partial charge on any atom is 0.143 e. The predicted octanol–water partition coefficient (Wildman–Crippen LogP) is 10.7. The molecule has 6 aromatic rings. The topological polar surface area (TPSA) is 63.5 Å². The zero-order valence-electron chi connectivity index (χ0n) is 29.1. The lowest BCUT2D eigenvalue weighted by Gasteiger charge is -2.37. The molecule has 49 heavy (non-hydrogen) atoms. The minimum Gasteiger partial charge on any atom is -0.872 e. The van der Waals surface area contributed by atoms with Gasteiger partial charge in [0, 0.05) is 12.8 Å². The van der Waals surface area contributed by atoms with E-state index in [2.05, 4.69) is 97.9 Å². The number of hydrogen-bond acceptors (Lipinski definition) is 3. The van der Waals surface area contributed by atoms with Gasteiger partial charge in [-0.15, -0.1) is 5.75 Å². The van der Waals surface area contributed by atoms with E-state index >= 15 is 0 Å². The van der Waals surface area contributed by atoms with E-state index in [4.69, 9.17) is 0 Å². The highest BCUT2D eigenvalue weighted by atomic mass is 16.3. The van der Waals surface area contributed by atoms with Gasteiger partial charge in [-0.05, 0) is 86.8 Å². The van der Waals surface area contributed by atoms with E-state index in [-0.39, 0.29) is 17.2 Å². The number of unbranched alkanes of at least 4 members (excludes halogenated alkanes) is 1. The average Bonchev–Trinajstić information content (AvgIpc) is 3.12. The quantitative estimate of drug-likeness (QED) is 0.145. The van der Waals surface area contributed by atoms with E-state index in [0.29, 0.717) is 24.0 Å². The molecular formula is C45H47NO3. The van der Waals surface area contributed by atoms with Crippen LogP contribution in [-0.2, 0) is 12.8 Å². The predicted molar refractivity (Wildman–Crippen MR) is 202 cm³/mol. The Bertz CT molecular complexity index is 1780. The zero-order chi connectivity index (χ0) is 34.8. The number of phenolic OH excluding ortho intramolecular Hbond substituents is 2. The van der Waals surface area contributed by atoms with Crippen molar-refractivity contribution < 1.29 is 15.3 Å². The van der Waals surface area contributed by atoms with Crippen LogP contribution in [0.25, 0.3) is 0 Å². The van der Waals surface area contributed by atoms with Crippen LogP contribution in [0.1, 0.15) is 58.7 Å². The highest BCUT2D eigenvalue weighted by Gasteiger charge is 2.35. The Balaban J connectivity index is 0.000000192. The Morgan fingerprint density at radius 3 is 1.22 bits per heavy atom. The first kappa shape index (κ1) is 35.0. The highest BCUT2D eigenvalue weighted by Crippen LogP contribution is 2.43. The van der Waals surface area contributed by atoms with Crippen molar-refractivity contribution in [1.29, 1.82) is 0 Å². The Labute approximate surface area is 291 Å². The lowest BCUT2D eigenvalue weighted by atomic mass is 9.94. The second-order valence-corrected chi connectivity index (χ2v) is 12.9. The van der Waals surface area contributed by atoms with E-state index in [1.165, 1.54) is 29.9 Å². The molecule has 0 radical (unpaired) electrons. The van der Waals surface area contributed by atoms with Crippen LogP contribution >= 0.6 is 0 Å². The Hall–Kier alpha value is -5.32. The van der Waals surface area contributed by atoms with Crippen LogP contribution in [0.15, 0.2) is 140 Å². The molecule has 250 valence electrons. The van der Waals surface area contributed by atoms with Gasteiger partial charge in [0.1, 0.15) is 28.6 Å². The van der Waals surface area contributed by atoms with Crippen LogP contribution in [0.5, 0.6) is 17.2 Å². The van der Waals surface area contributed by atoms with Gasteiger partial charge in [0.25, 0.3) is 0 Å². The van der Waals surface area contributed by atoms with Gasteiger partial charge in [-0.3, -0.25) is 0 Å². The first-order valence-electron chi connectivity index (χ1n) is 17.1. The van der Waals surface area contributed by atoms with Crippen molar-refractivity contribution in [2.45, 2.75) is 53.4 Å². The molecule has 0 fully saturated rings. The first-order valence-corrected chi connectivity index (χ1v) is 17.1. The van der Waals surface area contributed by atoms with E-state index in [0.717, 1.165) is 38.8 Å². The van der Waals surface area contributed by atoms with Crippen LogP contribution in [0.4, 0.5) is 17.1 Å². The lowest BCUT2D eigenvalue weighted by Crippen LogP contribution is -2.39. The summed E-state index contributed by atoms with van der Waals surface area (Å²) in [6.07, 6.45) is 3.15. The van der Waals surface area contributed by atoms with Gasteiger partial charge in [0.15, 0.2) is 0 Å². The molecule has 0 aliphatic rings. The minimum atomic E-state index is -0.0302. The molecule has 0 amide bonds. The number of para-hydroxylation sites is 3. The van der Waals surface area contributed by atoms with Crippen LogP contribution in [0.2, 0.25) is 0 Å². The molecule has 6 rings (SSSR count). The van der Waals surface area contributed by atoms with Gasteiger partial charge in [0.2, 0.25) is 0 Å². The van der Waals surface area contributed by atoms with Gasteiger partial charge in [-0.2, -0.15) is 0 Å². The third kappa shape index (κ3) is 8.40. The van der Waals surface area contributed by atoms with Gasteiger partial charge >= 0.3 is 0 Å². The third-order valence-corrected chi connectivity index (χ3v) is 9.06. The fourth-order valence-corrected chi connectivity index (χ4v) is 6.59. The molecule has 0 aromatic heterocycles. The number of nitrogens with zero attached hydrogens (tertiary/aromatic N) is 1. The Kier molecular flexibility index (Phi) is 11.6. The van der Waals surface area contributed by atoms with E-state index in [9.17, 15) is 15.3 Å². The van der Waals surface area contributed by atoms with Crippen LogP contribution in [0, 0.1) is 20.8 Å². The van der Waals surface area contributed by atoms with E-state index in [1.54, 1.807) is 12.1 Å². The molecule has 0 unspecified atom stereocenters. The normalized spacial score (nSPS) is 11.1. The number of aryl methyl sites for hydroxylation is 3. The van der Waals surface area contributed by atoms with Gasteiger partial charge in [0.05, 0.1) is 6.54 Å². The van der Waals surface area contributed by atoms with Gasteiger partial charge in [-0.25, -0.2) is 4.48 Å². The fourth-order valence-electron chi connectivity index (χ4n) is 6.59. The molecule has 0 aliphatic heterocycles. The highest BCUT2D eigenvalue weighted by molar-refractivity contribution is 5.70. The molecule has 0 atom stereocenters. The van der Waals surface area contributed by atoms with Crippen molar-refractivity contribution in [3.63, 3.8) is 0 Å². The number of hydrogen-bond donors (Lipinski definition) is 2. The van der Waals surface area contributed by atoms with E-state index < -0.39 is 0 Å². The fraction of sp³-hybridized carbons (Fsp3) is 0.200. The summed E-state index contributed by atoms with van der Waals surface area (Å²) in [5, 5.41) is 33.1. The number of quaternary nitrogens is 1. The van der Waals surface area contributed by atoms with Crippen molar-refractivity contribution in [1.82, 2.24) is 4.48 Å². The smallest absolute Gasteiger partial charge is 0.143 e. The minimum absolute atomic E-state index is 0.0302. The maximum absolute atomic E-state index is 13.0. The number of aromatic hydroxyl groups is 2. The molecule has 2 N–H and O–H groups in total. The zero-order valence-corrected chi connectivity index (χ0v) is 29.1. The van der Waals surface area contributed by atoms with Crippen LogP contribution in [0.3, 0.4) is 0 Å². The summed E-state index contributed by atoms with van der Waals surface area (Å²) in [5.41, 5.74) is 9.85. The summed E-state index contributed by atoms with van der Waals surface area (Å²) in [7, 11) is 0.